The number of nitrogens with two attached hydrogens (primary N) is 1. The summed E-state index contributed by atoms with van der Waals surface area (Å²) in [5, 5.41) is 10.1. The van der Waals surface area contributed by atoms with Crippen molar-refractivity contribution < 1.29 is 5.11 Å². The Hall–Kier alpha value is -0.440. The molecule has 1 aromatic carbocycles. The van der Waals surface area contributed by atoms with Crippen molar-refractivity contribution in [2.24, 2.45) is 5.73 Å². The average Bonchev–Trinajstić information content (AvgIpc) is 2.11. The van der Waals surface area contributed by atoms with Gasteiger partial charge in [0, 0.05) is 11.1 Å². The Morgan fingerprint density at radius 2 is 2.14 bits per heavy atom. The summed E-state index contributed by atoms with van der Waals surface area (Å²) >= 11 is 5.79. The molecule has 0 fully saturated rings. The molecule has 14 heavy (non-hydrogen) atoms. The fourth-order valence-corrected chi connectivity index (χ4v) is 1.34. The second-order valence-corrected chi connectivity index (χ2v) is 3.58. The van der Waals surface area contributed by atoms with Crippen LogP contribution in [0.15, 0.2) is 18.2 Å². The molecule has 2 nitrogen and oxygen atoms in total. The highest BCUT2D eigenvalue weighted by atomic mass is 35.5. The molecule has 1 aromatic rings. The molecule has 0 bridgehead atoms. The Kier molecular flexibility index (Phi) is 5.93. The smallest absolute Gasteiger partial charge is 0.118 e. The zero-order chi connectivity index (χ0) is 9.84. The third-order valence-corrected chi connectivity index (χ3v) is 2.28. The largest absolute Gasteiger partial charge is 0.508 e. The highest BCUT2D eigenvalue weighted by molar-refractivity contribution is 6.30. The minimum atomic E-state index is 0. The van der Waals surface area contributed by atoms with Crippen molar-refractivity contribution in [3.05, 3.63) is 28.8 Å². The molecule has 0 radical (unpaired) electrons. The fraction of sp³-hybridized carbons (Fsp3) is 0.400. The predicted octanol–water partition coefficient (Wildman–Crippen LogP) is 2.75. The highest BCUT2D eigenvalue weighted by Crippen LogP contribution is 2.22. The lowest BCUT2D eigenvalue weighted by atomic mass is 10.0. The van der Waals surface area contributed by atoms with E-state index in [0.29, 0.717) is 11.4 Å². The molecule has 0 aromatic heterocycles. The van der Waals surface area contributed by atoms with E-state index in [9.17, 15) is 5.11 Å². The number of aromatic hydroxyl groups is 1. The maximum atomic E-state index is 9.47. The molecule has 1 unspecified atom stereocenters. The van der Waals surface area contributed by atoms with Gasteiger partial charge in [-0.05, 0) is 36.6 Å². The van der Waals surface area contributed by atoms with Crippen molar-refractivity contribution in [3.63, 3.8) is 0 Å². The molecule has 0 heterocycles. The maximum Gasteiger partial charge on any atom is 0.118 e. The second kappa shape index (κ2) is 6.12. The van der Waals surface area contributed by atoms with Crippen LogP contribution < -0.4 is 5.73 Å². The molecule has 0 saturated carbocycles. The third kappa shape index (κ3) is 3.74. The minimum absolute atomic E-state index is 0. The van der Waals surface area contributed by atoms with E-state index in [-0.39, 0.29) is 24.2 Å². The van der Waals surface area contributed by atoms with Crippen molar-refractivity contribution in [1.82, 2.24) is 0 Å². The van der Waals surface area contributed by atoms with Gasteiger partial charge in [0.05, 0.1) is 0 Å². The second-order valence-electron chi connectivity index (χ2n) is 3.15. The van der Waals surface area contributed by atoms with Crippen LogP contribution in [0.4, 0.5) is 0 Å². The van der Waals surface area contributed by atoms with Gasteiger partial charge in [-0.25, -0.2) is 0 Å². The summed E-state index contributed by atoms with van der Waals surface area (Å²) in [5.41, 5.74) is 6.59. The van der Waals surface area contributed by atoms with E-state index in [1.165, 1.54) is 0 Å². The van der Waals surface area contributed by atoms with Crippen molar-refractivity contribution in [3.8, 4) is 5.75 Å². The van der Waals surface area contributed by atoms with Gasteiger partial charge >= 0.3 is 0 Å². The first-order valence-corrected chi connectivity index (χ1v) is 4.74. The number of phenols is 1. The van der Waals surface area contributed by atoms with Gasteiger partial charge in [-0.2, -0.15) is 0 Å². The molecule has 3 N–H and O–H groups in total. The molecule has 4 heteroatoms. The zero-order valence-electron chi connectivity index (χ0n) is 8.03. The van der Waals surface area contributed by atoms with Gasteiger partial charge in [0.2, 0.25) is 0 Å². The SMILES string of the molecule is CCC(N)Cc1cc(Cl)ccc1O.Cl. The van der Waals surface area contributed by atoms with Gasteiger partial charge < -0.3 is 10.8 Å². The van der Waals surface area contributed by atoms with Crippen LogP contribution in [-0.4, -0.2) is 11.1 Å². The Morgan fingerprint density at radius 1 is 1.50 bits per heavy atom. The first kappa shape index (κ1) is 13.6. The van der Waals surface area contributed by atoms with E-state index in [2.05, 4.69) is 0 Å². The van der Waals surface area contributed by atoms with Crippen LogP contribution in [0.2, 0.25) is 5.02 Å². The van der Waals surface area contributed by atoms with Crippen LogP contribution in [0.1, 0.15) is 18.9 Å². The highest BCUT2D eigenvalue weighted by Gasteiger charge is 2.06. The van der Waals surface area contributed by atoms with E-state index >= 15 is 0 Å². The Labute approximate surface area is 95.5 Å². The quantitative estimate of drug-likeness (QED) is 0.847. The number of hydrogen-bond acceptors (Lipinski definition) is 2. The van der Waals surface area contributed by atoms with Gasteiger partial charge in [-0.3, -0.25) is 0 Å². The van der Waals surface area contributed by atoms with Gasteiger partial charge in [-0.15, -0.1) is 12.4 Å². The third-order valence-electron chi connectivity index (χ3n) is 2.05. The maximum absolute atomic E-state index is 9.47. The van der Waals surface area contributed by atoms with Gasteiger partial charge in [-0.1, -0.05) is 18.5 Å². The molecular formula is C10H15Cl2NO. The topological polar surface area (TPSA) is 46.2 Å². The van der Waals surface area contributed by atoms with Crippen LogP contribution in [0.25, 0.3) is 0 Å². The van der Waals surface area contributed by atoms with E-state index in [1.54, 1.807) is 18.2 Å². The fourth-order valence-electron chi connectivity index (χ4n) is 1.14. The summed E-state index contributed by atoms with van der Waals surface area (Å²) in [6.07, 6.45) is 1.56. The predicted molar refractivity (Wildman–Crippen MR) is 62.3 cm³/mol. The van der Waals surface area contributed by atoms with Gasteiger partial charge in [0.15, 0.2) is 0 Å². The van der Waals surface area contributed by atoms with Crippen molar-refractivity contribution in [2.75, 3.05) is 0 Å². The molecule has 1 atom stereocenters. The Bertz CT molecular complexity index is 291. The molecular weight excluding hydrogens is 221 g/mol. The van der Waals surface area contributed by atoms with Gasteiger partial charge in [0.25, 0.3) is 0 Å². The summed E-state index contributed by atoms with van der Waals surface area (Å²) in [6, 6.07) is 5.11. The standard InChI is InChI=1S/C10H14ClNO.ClH/c1-2-9(12)6-7-5-8(11)3-4-10(7)13;/h3-5,9,13H,2,6,12H2,1H3;1H. The van der Waals surface area contributed by atoms with Crippen molar-refractivity contribution >= 4 is 24.0 Å². The molecule has 0 aliphatic heterocycles. The lowest BCUT2D eigenvalue weighted by Crippen LogP contribution is -2.21. The van der Waals surface area contributed by atoms with Crippen molar-refractivity contribution in [1.29, 1.82) is 0 Å². The van der Waals surface area contributed by atoms with Crippen LogP contribution in [0.3, 0.4) is 0 Å². The number of benzene rings is 1. The van der Waals surface area contributed by atoms with E-state index in [1.807, 2.05) is 6.92 Å². The first-order chi connectivity index (χ1) is 6.13. The summed E-state index contributed by atoms with van der Waals surface area (Å²) < 4.78 is 0. The summed E-state index contributed by atoms with van der Waals surface area (Å²) in [6.45, 7) is 2.02. The van der Waals surface area contributed by atoms with E-state index in [0.717, 1.165) is 12.0 Å². The lowest BCUT2D eigenvalue weighted by molar-refractivity contribution is 0.464. The Balaban J connectivity index is 0.00000169. The van der Waals surface area contributed by atoms with E-state index < -0.39 is 0 Å². The van der Waals surface area contributed by atoms with Crippen LogP contribution in [0, 0.1) is 0 Å². The number of halogens is 2. The molecule has 80 valence electrons. The molecule has 0 saturated heterocycles. The molecule has 1 rings (SSSR count). The molecule has 0 aliphatic rings. The summed E-state index contributed by atoms with van der Waals surface area (Å²) in [5.74, 6) is 0.272. The monoisotopic (exact) mass is 235 g/mol. The number of phenolic OH excluding ortho intramolecular Hbond substituents is 1. The van der Waals surface area contributed by atoms with Crippen LogP contribution in [-0.2, 0) is 6.42 Å². The first-order valence-electron chi connectivity index (χ1n) is 4.36. The minimum Gasteiger partial charge on any atom is -0.508 e. The molecule has 0 amide bonds. The van der Waals surface area contributed by atoms with Crippen LogP contribution in [0.5, 0.6) is 5.75 Å². The molecule has 0 spiro atoms. The van der Waals surface area contributed by atoms with Crippen molar-refractivity contribution in [2.45, 2.75) is 25.8 Å². The number of rotatable bonds is 3. The summed E-state index contributed by atoms with van der Waals surface area (Å²) in [7, 11) is 0. The lowest BCUT2D eigenvalue weighted by Gasteiger charge is -2.10. The number of hydrogen-bond donors (Lipinski definition) is 2. The average molecular weight is 236 g/mol. The van der Waals surface area contributed by atoms with Crippen LogP contribution >= 0.6 is 24.0 Å². The zero-order valence-corrected chi connectivity index (χ0v) is 9.61. The van der Waals surface area contributed by atoms with Gasteiger partial charge in [0.1, 0.15) is 5.75 Å². The van der Waals surface area contributed by atoms with E-state index in [4.69, 9.17) is 17.3 Å². The summed E-state index contributed by atoms with van der Waals surface area (Å²) in [4.78, 5) is 0. The Morgan fingerprint density at radius 3 is 2.71 bits per heavy atom. The molecule has 0 aliphatic carbocycles. The normalized spacial score (nSPS) is 11.9.